The van der Waals surface area contributed by atoms with E-state index in [4.69, 9.17) is 4.74 Å². The van der Waals surface area contributed by atoms with Crippen LogP contribution in [-0.4, -0.2) is 27.9 Å². The maximum Gasteiger partial charge on any atom is 0.215 e. The highest BCUT2D eigenvalue weighted by molar-refractivity contribution is 6.07. The predicted molar refractivity (Wildman–Crippen MR) is 102 cm³/mol. The number of methoxy groups -OCH3 is 1. The van der Waals surface area contributed by atoms with Gasteiger partial charge >= 0.3 is 0 Å². The molecule has 0 amide bonds. The van der Waals surface area contributed by atoms with Crippen LogP contribution in [0.2, 0.25) is 0 Å². The zero-order valence-corrected chi connectivity index (χ0v) is 16.4. The van der Waals surface area contributed by atoms with Crippen molar-refractivity contribution in [3.05, 3.63) is 41.2 Å². The Labute approximate surface area is 155 Å². The summed E-state index contributed by atoms with van der Waals surface area (Å²) < 4.78 is 7.21. The van der Waals surface area contributed by atoms with Gasteiger partial charge < -0.3 is 4.74 Å². The van der Waals surface area contributed by atoms with E-state index in [0.29, 0.717) is 40.8 Å². The molecule has 1 heterocycles. The van der Waals surface area contributed by atoms with Gasteiger partial charge in [-0.25, -0.2) is 4.68 Å². The lowest BCUT2D eigenvalue weighted by Gasteiger charge is -2.37. The molecule has 0 unspecified atom stereocenters. The van der Waals surface area contributed by atoms with Gasteiger partial charge in [-0.3, -0.25) is 4.79 Å². The highest BCUT2D eigenvalue weighted by Gasteiger charge is 2.33. The van der Waals surface area contributed by atoms with Crippen molar-refractivity contribution < 1.29 is 9.53 Å². The molecule has 1 aromatic carbocycles. The molecule has 3 rings (SSSR count). The topological polar surface area (TPSA) is 57.0 Å². The Morgan fingerprint density at radius 2 is 2.04 bits per heavy atom. The largest absolute Gasteiger partial charge is 0.497 e. The van der Waals surface area contributed by atoms with Crippen molar-refractivity contribution in [1.82, 2.24) is 15.0 Å². The van der Waals surface area contributed by atoms with E-state index >= 15 is 0 Å². The third kappa shape index (κ3) is 3.81. The van der Waals surface area contributed by atoms with Crippen LogP contribution in [0.15, 0.2) is 24.4 Å². The van der Waals surface area contributed by atoms with E-state index in [2.05, 4.69) is 31.1 Å². The van der Waals surface area contributed by atoms with Crippen molar-refractivity contribution in [3.63, 3.8) is 0 Å². The summed E-state index contributed by atoms with van der Waals surface area (Å²) >= 11 is 0. The molecular weight excluding hydrogens is 326 g/mol. The first-order chi connectivity index (χ1) is 12.4. The van der Waals surface area contributed by atoms with Gasteiger partial charge in [-0.15, -0.1) is 5.10 Å². The average molecular weight is 355 g/mol. The van der Waals surface area contributed by atoms with Crippen LogP contribution in [0, 0.1) is 24.7 Å². The number of ether oxygens (including phenoxy) is 1. The number of aryl methyl sites for hydroxylation is 1. The lowest BCUT2D eigenvalue weighted by molar-refractivity contribution is 0.103. The molecule has 0 N–H and O–H groups in total. The maximum absolute atomic E-state index is 12.9. The van der Waals surface area contributed by atoms with Crippen LogP contribution in [0.25, 0.3) is 0 Å². The molecule has 0 saturated heterocycles. The molecule has 5 heteroatoms. The minimum Gasteiger partial charge on any atom is -0.497 e. The molecule has 1 aromatic heterocycles. The zero-order valence-electron chi connectivity index (χ0n) is 16.4. The van der Waals surface area contributed by atoms with Crippen molar-refractivity contribution in [2.45, 2.75) is 53.0 Å². The third-order valence-electron chi connectivity index (χ3n) is 5.62. The lowest BCUT2D eigenvalue weighted by Crippen LogP contribution is -2.30. The highest BCUT2D eigenvalue weighted by atomic mass is 16.5. The van der Waals surface area contributed by atoms with E-state index in [0.717, 1.165) is 12.0 Å². The number of nitrogens with zero attached hydrogens (tertiary/aromatic N) is 3. The molecule has 5 nitrogen and oxygen atoms in total. The quantitative estimate of drug-likeness (QED) is 0.743. The number of rotatable bonds is 5. The van der Waals surface area contributed by atoms with E-state index in [1.165, 1.54) is 12.8 Å². The van der Waals surface area contributed by atoms with E-state index in [-0.39, 0.29) is 5.78 Å². The van der Waals surface area contributed by atoms with Crippen LogP contribution in [0.5, 0.6) is 5.75 Å². The number of hydrogen-bond acceptors (Lipinski definition) is 4. The Morgan fingerprint density at radius 3 is 2.73 bits per heavy atom. The number of carbonyl (C=O) groups is 1. The van der Waals surface area contributed by atoms with Gasteiger partial charge in [0.15, 0.2) is 5.69 Å². The standard InChI is InChI=1S/C21H29N3O2/c1-13(2)18-7-6-14(3)10-20(18)24-12-19(22-23-24)21(25)16-8-15(4)9-17(11-16)26-5/h8-9,11-14,18,20H,6-7,10H2,1-5H3/t14-,18+,20-/m1/s1. The molecule has 26 heavy (non-hydrogen) atoms. The average Bonchev–Trinajstić information content (AvgIpc) is 3.10. The monoisotopic (exact) mass is 355 g/mol. The van der Waals surface area contributed by atoms with Gasteiger partial charge in [0.2, 0.25) is 5.78 Å². The predicted octanol–water partition coefficient (Wildman–Crippen LogP) is 4.46. The Balaban J connectivity index is 1.87. The first-order valence-corrected chi connectivity index (χ1v) is 9.51. The van der Waals surface area contributed by atoms with Gasteiger partial charge in [0, 0.05) is 5.56 Å². The molecular formula is C21H29N3O2. The van der Waals surface area contributed by atoms with Crippen molar-refractivity contribution in [3.8, 4) is 5.75 Å². The summed E-state index contributed by atoms with van der Waals surface area (Å²) in [6, 6.07) is 5.85. The van der Waals surface area contributed by atoms with Crippen LogP contribution in [-0.2, 0) is 0 Å². The Kier molecular flexibility index (Phi) is 5.44. The normalized spacial score (nSPS) is 23.2. The Hall–Kier alpha value is -2.17. The summed E-state index contributed by atoms with van der Waals surface area (Å²) in [6.45, 7) is 8.80. The second-order valence-corrected chi connectivity index (χ2v) is 8.05. The number of ketones is 1. The first kappa shape index (κ1) is 18.6. The number of hydrogen-bond donors (Lipinski definition) is 0. The summed E-state index contributed by atoms with van der Waals surface area (Å²) in [6.07, 6.45) is 5.40. The molecule has 1 fully saturated rings. The van der Waals surface area contributed by atoms with Crippen LogP contribution in [0.4, 0.5) is 0 Å². The zero-order chi connectivity index (χ0) is 18.8. The van der Waals surface area contributed by atoms with Gasteiger partial charge in [-0.05, 0) is 61.3 Å². The van der Waals surface area contributed by atoms with Crippen LogP contribution in [0.1, 0.15) is 67.7 Å². The Morgan fingerprint density at radius 1 is 1.27 bits per heavy atom. The van der Waals surface area contributed by atoms with E-state index in [1.54, 1.807) is 13.2 Å². The fourth-order valence-electron chi connectivity index (χ4n) is 4.14. The SMILES string of the molecule is COc1cc(C)cc(C(=O)c2cn([C@@H]3C[C@H](C)CC[C@H]3C(C)C)nn2)c1. The van der Waals surface area contributed by atoms with Crippen LogP contribution < -0.4 is 4.74 Å². The minimum atomic E-state index is -0.108. The van der Waals surface area contributed by atoms with Crippen molar-refractivity contribution >= 4 is 5.78 Å². The summed E-state index contributed by atoms with van der Waals surface area (Å²) in [4.78, 5) is 12.9. The third-order valence-corrected chi connectivity index (χ3v) is 5.62. The Bertz CT molecular complexity index is 781. The molecule has 140 valence electrons. The van der Waals surface area contributed by atoms with Crippen molar-refractivity contribution in [2.75, 3.05) is 7.11 Å². The molecule has 0 spiro atoms. The van der Waals surface area contributed by atoms with Gasteiger partial charge in [-0.2, -0.15) is 0 Å². The van der Waals surface area contributed by atoms with E-state index in [9.17, 15) is 4.79 Å². The second kappa shape index (κ2) is 7.60. The number of carbonyl (C=O) groups excluding carboxylic acids is 1. The molecule has 3 atom stereocenters. The highest BCUT2D eigenvalue weighted by Crippen LogP contribution is 2.40. The minimum absolute atomic E-state index is 0.108. The fourth-order valence-corrected chi connectivity index (χ4v) is 4.14. The fraction of sp³-hybridized carbons (Fsp3) is 0.571. The molecule has 2 aromatic rings. The molecule has 1 aliphatic rings. The van der Waals surface area contributed by atoms with Crippen LogP contribution in [0.3, 0.4) is 0 Å². The van der Waals surface area contributed by atoms with E-state index in [1.807, 2.05) is 29.9 Å². The molecule has 0 radical (unpaired) electrons. The van der Waals surface area contributed by atoms with Gasteiger partial charge in [0.05, 0.1) is 19.3 Å². The first-order valence-electron chi connectivity index (χ1n) is 9.51. The number of benzene rings is 1. The van der Waals surface area contributed by atoms with Crippen molar-refractivity contribution in [1.29, 1.82) is 0 Å². The van der Waals surface area contributed by atoms with Crippen molar-refractivity contribution in [2.24, 2.45) is 17.8 Å². The number of aromatic nitrogens is 3. The van der Waals surface area contributed by atoms with Gasteiger partial charge in [0.25, 0.3) is 0 Å². The smallest absolute Gasteiger partial charge is 0.215 e. The molecule has 1 saturated carbocycles. The molecule has 0 bridgehead atoms. The molecule has 0 aliphatic heterocycles. The second-order valence-electron chi connectivity index (χ2n) is 8.05. The summed E-state index contributed by atoms with van der Waals surface area (Å²) in [5.41, 5.74) is 1.98. The maximum atomic E-state index is 12.9. The van der Waals surface area contributed by atoms with Gasteiger partial charge in [0.1, 0.15) is 5.75 Å². The molecule has 1 aliphatic carbocycles. The van der Waals surface area contributed by atoms with Crippen LogP contribution >= 0.6 is 0 Å². The lowest BCUT2D eigenvalue weighted by atomic mass is 9.74. The summed E-state index contributed by atoms with van der Waals surface area (Å²) in [5, 5.41) is 8.53. The summed E-state index contributed by atoms with van der Waals surface area (Å²) in [7, 11) is 1.61. The van der Waals surface area contributed by atoms with Gasteiger partial charge in [-0.1, -0.05) is 32.4 Å². The van der Waals surface area contributed by atoms with E-state index < -0.39 is 0 Å². The summed E-state index contributed by atoms with van der Waals surface area (Å²) in [5.74, 6) is 2.43.